The maximum Gasteiger partial charge on any atom is 0.254 e. The van der Waals surface area contributed by atoms with E-state index in [2.05, 4.69) is 43.8 Å². The Morgan fingerprint density at radius 1 is 1.26 bits per heavy atom. The van der Waals surface area contributed by atoms with Gasteiger partial charge in [0.1, 0.15) is 28.5 Å². The fraction of sp³-hybridized carbons (Fsp3) is 0.333. The Kier molecular flexibility index (Phi) is 5.47. The summed E-state index contributed by atoms with van der Waals surface area (Å²) in [5, 5.41) is 10.2. The second-order valence-electron chi connectivity index (χ2n) is 7.58. The normalized spacial score (nSPS) is 13.5. The maximum absolute atomic E-state index is 11.9. The molecule has 1 aliphatic rings. The largest absolute Gasteiger partial charge is 0.495 e. The topological polar surface area (TPSA) is 131 Å². The molecule has 1 aliphatic heterocycles. The second kappa shape index (κ2) is 8.23. The first-order chi connectivity index (χ1) is 14.9. The lowest BCUT2D eigenvalue weighted by Gasteiger charge is -2.26. The van der Waals surface area contributed by atoms with Crippen molar-refractivity contribution in [3.8, 4) is 5.75 Å². The second-order valence-corrected chi connectivity index (χ2v) is 7.58. The van der Waals surface area contributed by atoms with Crippen LogP contribution in [0.5, 0.6) is 5.75 Å². The highest BCUT2D eigenvalue weighted by atomic mass is 16.5. The number of fused-ring (bicyclic) bond motifs is 1. The van der Waals surface area contributed by atoms with Crippen LogP contribution in [-0.4, -0.2) is 46.6 Å². The monoisotopic (exact) mass is 423 g/mol. The van der Waals surface area contributed by atoms with E-state index < -0.39 is 5.91 Å². The predicted molar refractivity (Wildman–Crippen MR) is 116 cm³/mol. The smallest absolute Gasteiger partial charge is 0.254 e. The van der Waals surface area contributed by atoms with E-state index in [-0.39, 0.29) is 11.4 Å². The number of ether oxygens (including phenoxy) is 1. The molecular formula is C21H25N7O3. The standard InChI is InChI=1S/C21H25N7O3/c1-11-18(12(2)31-27-11)25-20-15(19(22)29)9-23-21(26-20)24-16-7-14-10-28(3)6-5-13(14)8-17(16)30-4/h7-9H,5-6,10H2,1-4H3,(H2,22,29)(H2,23,24,25,26). The average molecular weight is 423 g/mol. The number of anilines is 4. The lowest BCUT2D eigenvalue weighted by molar-refractivity contribution is 0.100. The van der Waals surface area contributed by atoms with Crippen molar-refractivity contribution >= 4 is 29.0 Å². The molecule has 1 aromatic carbocycles. The zero-order chi connectivity index (χ0) is 22.1. The summed E-state index contributed by atoms with van der Waals surface area (Å²) in [5.74, 6) is 1.18. The molecule has 0 saturated heterocycles. The lowest BCUT2D eigenvalue weighted by Crippen LogP contribution is -2.26. The average Bonchev–Trinajstić information content (AvgIpc) is 3.05. The number of primary amides is 1. The summed E-state index contributed by atoms with van der Waals surface area (Å²) in [6.07, 6.45) is 2.36. The number of methoxy groups -OCH3 is 1. The Hall–Kier alpha value is -3.66. The van der Waals surface area contributed by atoms with Gasteiger partial charge in [-0.1, -0.05) is 5.16 Å². The van der Waals surface area contributed by atoms with Gasteiger partial charge in [0.2, 0.25) is 5.95 Å². The van der Waals surface area contributed by atoms with Crippen molar-refractivity contribution in [3.05, 3.63) is 46.5 Å². The van der Waals surface area contributed by atoms with Crippen molar-refractivity contribution in [2.75, 3.05) is 31.3 Å². The summed E-state index contributed by atoms with van der Waals surface area (Å²) in [5.41, 5.74) is 10.2. The molecule has 31 heavy (non-hydrogen) atoms. The van der Waals surface area contributed by atoms with Crippen LogP contribution in [0.3, 0.4) is 0 Å². The minimum absolute atomic E-state index is 0.157. The third kappa shape index (κ3) is 4.15. The quantitative estimate of drug-likeness (QED) is 0.547. The van der Waals surface area contributed by atoms with Crippen LogP contribution >= 0.6 is 0 Å². The molecule has 0 atom stereocenters. The van der Waals surface area contributed by atoms with E-state index in [0.717, 1.165) is 25.2 Å². The van der Waals surface area contributed by atoms with Crippen molar-refractivity contribution in [1.29, 1.82) is 0 Å². The number of aryl methyl sites for hydroxylation is 2. The van der Waals surface area contributed by atoms with Crippen LogP contribution in [0.2, 0.25) is 0 Å². The molecule has 0 unspecified atom stereocenters. The van der Waals surface area contributed by atoms with E-state index in [0.29, 0.717) is 28.8 Å². The van der Waals surface area contributed by atoms with Crippen molar-refractivity contribution in [2.24, 2.45) is 5.73 Å². The van der Waals surface area contributed by atoms with Crippen molar-refractivity contribution in [3.63, 3.8) is 0 Å². The third-order valence-electron chi connectivity index (χ3n) is 5.30. The SMILES string of the molecule is COc1cc2c(cc1Nc1ncc(C(N)=O)c(Nc3c(C)noc3C)n1)CN(C)CC2. The highest BCUT2D eigenvalue weighted by Crippen LogP contribution is 2.33. The van der Waals surface area contributed by atoms with Gasteiger partial charge in [0.05, 0.1) is 12.8 Å². The fourth-order valence-electron chi connectivity index (χ4n) is 3.61. The number of aromatic nitrogens is 3. The lowest BCUT2D eigenvalue weighted by atomic mass is 9.99. The van der Waals surface area contributed by atoms with Gasteiger partial charge in [-0.25, -0.2) is 4.98 Å². The zero-order valence-electron chi connectivity index (χ0n) is 17.9. The Labute approximate surface area is 179 Å². The molecule has 0 radical (unpaired) electrons. The number of nitrogens with two attached hydrogens (primary N) is 1. The van der Waals surface area contributed by atoms with Crippen LogP contribution < -0.4 is 21.1 Å². The molecule has 4 N–H and O–H groups in total. The number of hydrogen-bond acceptors (Lipinski definition) is 9. The van der Waals surface area contributed by atoms with Gasteiger partial charge >= 0.3 is 0 Å². The molecule has 0 saturated carbocycles. The maximum atomic E-state index is 11.9. The first-order valence-electron chi connectivity index (χ1n) is 9.87. The molecule has 3 aromatic rings. The summed E-state index contributed by atoms with van der Waals surface area (Å²) < 4.78 is 10.8. The van der Waals surface area contributed by atoms with Crippen molar-refractivity contribution in [2.45, 2.75) is 26.8 Å². The van der Waals surface area contributed by atoms with Crippen molar-refractivity contribution < 1.29 is 14.1 Å². The van der Waals surface area contributed by atoms with Gasteiger partial charge < -0.3 is 30.5 Å². The predicted octanol–water partition coefficient (Wildman–Crippen LogP) is 2.66. The van der Waals surface area contributed by atoms with Gasteiger partial charge in [-0.05, 0) is 50.6 Å². The molecule has 0 spiro atoms. The molecule has 0 fully saturated rings. The van der Waals surface area contributed by atoms with Gasteiger partial charge in [0, 0.05) is 19.3 Å². The van der Waals surface area contributed by atoms with Crippen molar-refractivity contribution in [1.82, 2.24) is 20.0 Å². The molecule has 0 aliphatic carbocycles. The number of hydrogen-bond donors (Lipinski definition) is 3. The summed E-state index contributed by atoms with van der Waals surface area (Å²) in [7, 11) is 3.72. The van der Waals surface area contributed by atoms with E-state index in [4.69, 9.17) is 15.0 Å². The zero-order valence-corrected chi connectivity index (χ0v) is 17.9. The van der Waals surface area contributed by atoms with E-state index in [1.54, 1.807) is 21.0 Å². The highest BCUT2D eigenvalue weighted by Gasteiger charge is 2.19. The van der Waals surface area contributed by atoms with E-state index in [9.17, 15) is 4.79 Å². The molecule has 10 nitrogen and oxygen atoms in total. The Morgan fingerprint density at radius 3 is 2.74 bits per heavy atom. The van der Waals surface area contributed by atoms with Crippen LogP contribution in [0.25, 0.3) is 0 Å². The Morgan fingerprint density at radius 2 is 2.06 bits per heavy atom. The Bertz CT molecular complexity index is 1120. The summed E-state index contributed by atoms with van der Waals surface area (Å²) in [6, 6.07) is 4.10. The van der Waals surface area contributed by atoms with Crippen LogP contribution in [0.1, 0.15) is 32.9 Å². The van der Waals surface area contributed by atoms with E-state index in [1.165, 1.54) is 17.3 Å². The van der Waals surface area contributed by atoms with Crippen LogP contribution in [0.15, 0.2) is 22.9 Å². The number of benzene rings is 1. The molecule has 2 aromatic heterocycles. The minimum atomic E-state index is -0.643. The molecule has 10 heteroatoms. The minimum Gasteiger partial charge on any atom is -0.495 e. The number of carbonyl (C=O) groups is 1. The number of nitrogens with zero attached hydrogens (tertiary/aromatic N) is 4. The van der Waals surface area contributed by atoms with Gasteiger partial charge in [-0.3, -0.25) is 4.79 Å². The summed E-state index contributed by atoms with van der Waals surface area (Å²) in [4.78, 5) is 22.9. The molecular weight excluding hydrogens is 398 g/mol. The van der Waals surface area contributed by atoms with Gasteiger partial charge in [0.15, 0.2) is 5.76 Å². The highest BCUT2D eigenvalue weighted by molar-refractivity contribution is 5.98. The number of carbonyl (C=O) groups excluding carboxylic acids is 1. The van der Waals surface area contributed by atoms with Crippen LogP contribution in [0.4, 0.5) is 23.1 Å². The van der Waals surface area contributed by atoms with Gasteiger partial charge in [-0.15, -0.1) is 0 Å². The Balaban J connectivity index is 1.69. The molecule has 0 bridgehead atoms. The number of amides is 1. The van der Waals surface area contributed by atoms with E-state index >= 15 is 0 Å². The number of likely N-dealkylation sites (N-methyl/N-ethyl adjacent to an activating group) is 1. The molecule has 162 valence electrons. The fourth-order valence-corrected chi connectivity index (χ4v) is 3.61. The number of rotatable bonds is 6. The third-order valence-corrected chi connectivity index (χ3v) is 5.30. The van der Waals surface area contributed by atoms with E-state index in [1.807, 2.05) is 6.07 Å². The molecule has 3 heterocycles. The summed E-state index contributed by atoms with van der Waals surface area (Å²) >= 11 is 0. The van der Waals surface area contributed by atoms with Crippen LogP contribution in [0, 0.1) is 13.8 Å². The first-order valence-corrected chi connectivity index (χ1v) is 9.87. The molecule has 1 amide bonds. The molecule has 4 rings (SSSR count). The van der Waals surface area contributed by atoms with Gasteiger partial charge in [-0.2, -0.15) is 4.98 Å². The first kappa shape index (κ1) is 20.6. The van der Waals surface area contributed by atoms with Crippen LogP contribution in [-0.2, 0) is 13.0 Å². The van der Waals surface area contributed by atoms with Gasteiger partial charge in [0.25, 0.3) is 5.91 Å². The number of nitrogens with one attached hydrogen (secondary N) is 2. The summed E-state index contributed by atoms with van der Waals surface area (Å²) in [6.45, 7) is 5.42.